The number of likely N-dealkylation sites (tertiary alicyclic amines) is 1. The molecule has 1 saturated heterocycles. The monoisotopic (exact) mass is 416 g/mol. The van der Waals surface area contributed by atoms with Crippen molar-refractivity contribution in [3.8, 4) is 11.6 Å². The van der Waals surface area contributed by atoms with E-state index in [0.29, 0.717) is 30.4 Å². The summed E-state index contributed by atoms with van der Waals surface area (Å²) < 4.78 is 5.83. The Labute approximate surface area is 181 Å². The van der Waals surface area contributed by atoms with E-state index in [0.717, 1.165) is 16.7 Å². The Bertz CT molecular complexity index is 1070. The maximum atomic E-state index is 12.4. The van der Waals surface area contributed by atoms with Gasteiger partial charge in [-0.25, -0.2) is 14.8 Å². The Morgan fingerprint density at radius 1 is 1.19 bits per heavy atom. The fraction of sp³-hybridized carbons (Fsp3) is 0.208. The molecule has 31 heavy (non-hydrogen) atoms. The number of rotatable bonds is 4. The highest BCUT2D eigenvalue weighted by Crippen LogP contribution is 2.25. The van der Waals surface area contributed by atoms with E-state index in [2.05, 4.69) is 15.3 Å². The van der Waals surface area contributed by atoms with E-state index in [9.17, 15) is 9.90 Å². The lowest BCUT2D eigenvalue weighted by atomic mass is 9.98. The van der Waals surface area contributed by atoms with Crippen LogP contribution in [0.3, 0.4) is 0 Å². The number of amides is 2. The lowest BCUT2D eigenvalue weighted by molar-refractivity contribution is 0.128. The highest BCUT2D eigenvalue weighted by Gasteiger charge is 2.26. The van der Waals surface area contributed by atoms with E-state index in [1.54, 1.807) is 35.5 Å². The number of benzene rings is 1. The molecule has 1 aliphatic heterocycles. The second kappa shape index (κ2) is 9.40. The summed E-state index contributed by atoms with van der Waals surface area (Å²) in [5, 5.41) is 13.4. The number of nitrogens with one attached hydrogen (secondary N) is 1. The molecule has 0 saturated carbocycles. The second-order valence-corrected chi connectivity index (χ2v) is 7.42. The standard InChI is InChI=1S/C24H24N4O3/c1-17-8-9-23(26-15-17)31-20-6-4-5-18(14-20)13-19-10-12-28(16-21(19)29)24(30)27-22-7-2-3-11-25-22/h2-9,11,13-15,21,29H,10,12,16H2,1H3,(H,25,27,30)/b19-13+/t21-/m0/s1. The quantitative estimate of drug-likeness (QED) is 0.664. The third-order valence-corrected chi connectivity index (χ3v) is 5.00. The molecule has 0 aliphatic carbocycles. The first-order valence-electron chi connectivity index (χ1n) is 10.1. The average Bonchev–Trinajstić information content (AvgIpc) is 2.78. The molecule has 7 nitrogen and oxygen atoms in total. The van der Waals surface area contributed by atoms with Gasteiger partial charge in [-0.1, -0.05) is 30.3 Å². The number of aromatic nitrogens is 2. The van der Waals surface area contributed by atoms with Gasteiger partial charge in [0.1, 0.15) is 11.6 Å². The van der Waals surface area contributed by atoms with Crippen LogP contribution in [-0.4, -0.2) is 45.2 Å². The van der Waals surface area contributed by atoms with Gasteiger partial charge in [-0.3, -0.25) is 5.32 Å². The molecule has 2 N–H and O–H groups in total. The minimum absolute atomic E-state index is 0.230. The molecule has 0 unspecified atom stereocenters. The molecule has 0 bridgehead atoms. The Kier molecular flexibility index (Phi) is 6.24. The van der Waals surface area contributed by atoms with Gasteiger partial charge >= 0.3 is 6.03 Å². The average molecular weight is 416 g/mol. The molecule has 1 atom stereocenters. The molecule has 0 radical (unpaired) electrons. The normalized spacial score (nSPS) is 17.4. The number of carbonyl (C=O) groups is 1. The van der Waals surface area contributed by atoms with Crippen LogP contribution in [-0.2, 0) is 0 Å². The van der Waals surface area contributed by atoms with Crippen molar-refractivity contribution >= 4 is 17.9 Å². The highest BCUT2D eigenvalue weighted by atomic mass is 16.5. The highest BCUT2D eigenvalue weighted by molar-refractivity contribution is 5.88. The number of anilines is 1. The van der Waals surface area contributed by atoms with Crippen molar-refractivity contribution in [2.24, 2.45) is 0 Å². The predicted octanol–water partition coefficient (Wildman–Crippen LogP) is 4.26. The third-order valence-electron chi connectivity index (χ3n) is 5.00. The van der Waals surface area contributed by atoms with Crippen LogP contribution in [0.1, 0.15) is 17.5 Å². The Balaban J connectivity index is 1.39. The van der Waals surface area contributed by atoms with Gasteiger partial charge in [-0.05, 0) is 54.3 Å². The summed E-state index contributed by atoms with van der Waals surface area (Å²) in [5.74, 6) is 1.69. The summed E-state index contributed by atoms with van der Waals surface area (Å²) in [6.45, 7) is 2.72. The van der Waals surface area contributed by atoms with Crippen LogP contribution in [0.15, 0.2) is 72.6 Å². The van der Waals surface area contributed by atoms with Gasteiger partial charge in [0.15, 0.2) is 0 Å². The predicted molar refractivity (Wildman–Crippen MR) is 119 cm³/mol. The van der Waals surface area contributed by atoms with E-state index < -0.39 is 6.10 Å². The SMILES string of the molecule is Cc1ccc(Oc2cccc(/C=C3\CCN(C(=O)Nc4ccccn4)C[C@@H]3O)c2)nc1. The van der Waals surface area contributed by atoms with Crippen LogP contribution < -0.4 is 10.1 Å². The molecule has 2 amide bonds. The van der Waals surface area contributed by atoms with Crippen LogP contribution in [0.4, 0.5) is 10.6 Å². The van der Waals surface area contributed by atoms with Gasteiger partial charge in [0, 0.05) is 25.0 Å². The zero-order chi connectivity index (χ0) is 21.6. The maximum Gasteiger partial charge on any atom is 0.323 e. The first-order chi connectivity index (χ1) is 15.1. The van der Waals surface area contributed by atoms with Crippen molar-refractivity contribution in [1.29, 1.82) is 0 Å². The Hall–Kier alpha value is -3.71. The van der Waals surface area contributed by atoms with Crippen molar-refractivity contribution in [3.63, 3.8) is 0 Å². The smallest absolute Gasteiger partial charge is 0.323 e. The summed E-state index contributed by atoms with van der Waals surface area (Å²) in [6, 6.07) is 16.5. The summed E-state index contributed by atoms with van der Waals surface area (Å²) >= 11 is 0. The molecule has 4 rings (SSSR count). The summed E-state index contributed by atoms with van der Waals surface area (Å²) in [4.78, 5) is 22.4. The van der Waals surface area contributed by atoms with Gasteiger partial charge in [-0.15, -0.1) is 0 Å². The van der Waals surface area contributed by atoms with Gasteiger partial charge in [0.05, 0.1) is 12.6 Å². The molecular formula is C24H24N4O3. The van der Waals surface area contributed by atoms with E-state index in [1.807, 2.05) is 49.4 Å². The van der Waals surface area contributed by atoms with E-state index in [4.69, 9.17) is 4.74 Å². The van der Waals surface area contributed by atoms with Crippen LogP contribution in [0.2, 0.25) is 0 Å². The number of aryl methyl sites for hydroxylation is 1. The number of aliphatic hydroxyl groups is 1. The number of hydrogen-bond donors (Lipinski definition) is 2. The van der Waals surface area contributed by atoms with Gasteiger partial charge < -0.3 is 14.7 Å². The van der Waals surface area contributed by atoms with Crippen LogP contribution in [0.5, 0.6) is 11.6 Å². The number of carbonyl (C=O) groups excluding carboxylic acids is 1. The number of β-amino-alcohol motifs (C(OH)–C–C–N with tert-alkyl or cyclic N) is 1. The van der Waals surface area contributed by atoms with Gasteiger partial charge in [-0.2, -0.15) is 0 Å². The molecule has 3 aromatic rings. The van der Waals surface area contributed by atoms with Crippen molar-refractivity contribution in [1.82, 2.24) is 14.9 Å². The number of aliphatic hydroxyl groups excluding tert-OH is 1. The zero-order valence-electron chi connectivity index (χ0n) is 17.2. The lowest BCUT2D eigenvalue weighted by Crippen LogP contribution is -2.45. The maximum absolute atomic E-state index is 12.4. The van der Waals surface area contributed by atoms with Gasteiger partial charge in [0.25, 0.3) is 0 Å². The van der Waals surface area contributed by atoms with E-state index >= 15 is 0 Å². The van der Waals surface area contributed by atoms with Gasteiger partial charge in [0.2, 0.25) is 5.88 Å². The third kappa shape index (κ3) is 5.46. The molecule has 7 heteroatoms. The first-order valence-corrected chi connectivity index (χ1v) is 10.1. The van der Waals surface area contributed by atoms with Crippen molar-refractivity contribution in [2.45, 2.75) is 19.4 Å². The minimum Gasteiger partial charge on any atom is -0.439 e. The fourth-order valence-electron chi connectivity index (χ4n) is 3.34. The zero-order valence-corrected chi connectivity index (χ0v) is 17.2. The number of ether oxygens (including phenoxy) is 1. The molecule has 1 aliphatic rings. The van der Waals surface area contributed by atoms with Crippen molar-refractivity contribution < 1.29 is 14.6 Å². The number of piperidine rings is 1. The summed E-state index contributed by atoms with van der Waals surface area (Å²) in [5.41, 5.74) is 2.87. The van der Waals surface area contributed by atoms with Crippen LogP contribution >= 0.6 is 0 Å². The molecule has 2 aromatic heterocycles. The molecule has 158 valence electrons. The fourth-order valence-corrected chi connectivity index (χ4v) is 3.34. The number of urea groups is 1. The molecule has 3 heterocycles. The van der Waals surface area contributed by atoms with Crippen molar-refractivity contribution in [2.75, 3.05) is 18.4 Å². The minimum atomic E-state index is -0.730. The second-order valence-electron chi connectivity index (χ2n) is 7.42. The van der Waals surface area contributed by atoms with E-state index in [-0.39, 0.29) is 12.6 Å². The molecular weight excluding hydrogens is 392 g/mol. The first kappa shape index (κ1) is 20.6. The summed E-state index contributed by atoms with van der Waals surface area (Å²) in [6.07, 6.45) is 5.19. The Morgan fingerprint density at radius 2 is 2.10 bits per heavy atom. The number of pyridine rings is 2. The number of hydrogen-bond acceptors (Lipinski definition) is 5. The lowest BCUT2D eigenvalue weighted by Gasteiger charge is -2.32. The number of nitrogens with zero attached hydrogens (tertiary/aromatic N) is 3. The molecule has 0 spiro atoms. The molecule has 1 aromatic carbocycles. The largest absolute Gasteiger partial charge is 0.439 e. The van der Waals surface area contributed by atoms with Crippen LogP contribution in [0, 0.1) is 6.92 Å². The topological polar surface area (TPSA) is 87.6 Å². The van der Waals surface area contributed by atoms with Crippen molar-refractivity contribution in [3.05, 3.63) is 83.7 Å². The van der Waals surface area contributed by atoms with E-state index in [1.165, 1.54) is 0 Å². The Morgan fingerprint density at radius 3 is 2.84 bits per heavy atom. The van der Waals surface area contributed by atoms with Crippen LogP contribution in [0.25, 0.3) is 6.08 Å². The summed E-state index contributed by atoms with van der Waals surface area (Å²) in [7, 11) is 0. The molecule has 1 fully saturated rings.